The van der Waals surface area contributed by atoms with E-state index in [9.17, 15) is 0 Å². The van der Waals surface area contributed by atoms with Gasteiger partial charge >= 0.3 is 0 Å². The van der Waals surface area contributed by atoms with Crippen molar-refractivity contribution in [2.75, 3.05) is 0 Å². The molecule has 1 saturated carbocycles. The molecule has 1 fully saturated rings. The van der Waals surface area contributed by atoms with E-state index in [1.54, 1.807) is 0 Å². The molecule has 1 aromatic heterocycles. The topological polar surface area (TPSA) is 43.8 Å². The lowest BCUT2D eigenvalue weighted by Gasteiger charge is -2.26. The van der Waals surface area contributed by atoms with Crippen molar-refractivity contribution in [1.82, 2.24) is 9.78 Å². The molecule has 1 atom stereocenters. The average molecular weight is 328 g/mol. The molecule has 1 heterocycles. The molecule has 0 radical (unpaired) electrons. The lowest BCUT2D eigenvalue weighted by atomic mass is 9.85. The highest BCUT2D eigenvalue weighted by atomic mass is 79.9. The van der Waals surface area contributed by atoms with Gasteiger partial charge in [0.05, 0.1) is 22.4 Å². The fraction of sp³-hybridized carbons (Fsp3) is 0.800. The van der Waals surface area contributed by atoms with Crippen molar-refractivity contribution >= 4 is 15.9 Å². The van der Waals surface area contributed by atoms with Crippen LogP contribution in [0.25, 0.3) is 0 Å². The molecule has 0 aromatic carbocycles. The van der Waals surface area contributed by atoms with E-state index >= 15 is 0 Å². The maximum atomic E-state index is 6.58. The van der Waals surface area contributed by atoms with E-state index in [0.717, 1.165) is 17.4 Å². The molecule has 0 saturated heterocycles. The monoisotopic (exact) mass is 327 g/mol. The second kappa shape index (κ2) is 7.44. The van der Waals surface area contributed by atoms with Crippen LogP contribution in [0.5, 0.6) is 0 Å². The van der Waals surface area contributed by atoms with Crippen molar-refractivity contribution in [3.8, 4) is 0 Å². The van der Waals surface area contributed by atoms with Crippen molar-refractivity contribution in [2.45, 2.75) is 70.9 Å². The second-order valence-corrected chi connectivity index (χ2v) is 6.59. The number of hydrogen-bond donors (Lipinski definition) is 1. The summed E-state index contributed by atoms with van der Waals surface area (Å²) >= 11 is 3.63. The van der Waals surface area contributed by atoms with Crippen LogP contribution >= 0.6 is 15.9 Å². The zero-order chi connectivity index (χ0) is 13.7. The van der Waals surface area contributed by atoms with E-state index in [2.05, 4.69) is 32.6 Å². The van der Waals surface area contributed by atoms with Crippen molar-refractivity contribution in [2.24, 2.45) is 11.7 Å². The molecule has 3 nitrogen and oxygen atoms in total. The average Bonchev–Trinajstić information content (AvgIpc) is 2.70. The number of nitrogens with two attached hydrogens (primary N) is 1. The van der Waals surface area contributed by atoms with Crippen LogP contribution in [-0.2, 0) is 6.54 Å². The summed E-state index contributed by atoms with van der Waals surface area (Å²) in [6.45, 7) is 3.14. The summed E-state index contributed by atoms with van der Waals surface area (Å²) < 4.78 is 3.17. The number of rotatable bonds is 4. The molecular formula is C15H26BrN3. The Hall–Kier alpha value is -0.350. The first-order valence-corrected chi connectivity index (χ1v) is 8.50. The maximum Gasteiger partial charge on any atom is 0.0696 e. The molecule has 2 rings (SSSR count). The van der Waals surface area contributed by atoms with Gasteiger partial charge in [-0.3, -0.25) is 4.68 Å². The van der Waals surface area contributed by atoms with Gasteiger partial charge < -0.3 is 5.73 Å². The summed E-state index contributed by atoms with van der Waals surface area (Å²) in [5.41, 5.74) is 7.78. The predicted octanol–water partition coefficient (Wildman–Crippen LogP) is 4.42. The van der Waals surface area contributed by atoms with Gasteiger partial charge in [-0.2, -0.15) is 5.10 Å². The lowest BCUT2D eigenvalue weighted by Crippen LogP contribution is -2.25. The van der Waals surface area contributed by atoms with Crippen LogP contribution in [0.4, 0.5) is 0 Å². The first kappa shape index (κ1) is 15.0. The van der Waals surface area contributed by atoms with Gasteiger partial charge in [-0.15, -0.1) is 0 Å². The third kappa shape index (κ3) is 3.82. The van der Waals surface area contributed by atoms with Gasteiger partial charge in [0, 0.05) is 6.54 Å². The lowest BCUT2D eigenvalue weighted by molar-refractivity contribution is 0.315. The van der Waals surface area contributed by atoms with Crippen LogP contribution < -0.4 is 5.73 Å². The van der Waals surface area contributed by atoms with E-state index in [4.69, 9.17) is 5.73 Å². The molecule has 0 aliphatic heterocycles. The third-order valence-electron chi connectivity index (χ3n) is 4.24. The fourth-order valence-corrected chi connectivity index (χ4v) is 3.72. The number of nitrogens with zero attached hydrogens (tertiary/aromatic N) is 2. The summed E-state index contributed by atoms with van der Waals surface area (Å²) in [7, 11) is 0. The molecule has 4 heteroatoms. The van der Waals surface area contributed by atoms with Crippen molar-refractivity contribution in [3.63, 3.8) is 0 Å². The van der Waals surface area contributed by atoms with Gasteiger partial charge in [-0.1, -0.05) is 39.0 Å². The molecular weight excluding hydrogens is 302 g/mol. The zero-order valence-corrected chi connectivity index (χ0v) is 13.5. The van der Waals surface area contributed by atoms with Crippen LogP contribution in [0.15, 0.2) is 10.7 Å². The van der Waals surface area contributed by atoms with Gasteiger partial charge in [0.2, 0.25) is 0 Å². The maximum absolute atomic E-state index is 6.58. The highest BCUT2D eigenvalue weighted by Gasteiger charge is 2.25. The Morgan fingerprint density at radius 3 is 2.58 bits per heavy atom. The molecule has 2 N–H and O–H groups in total. The van der Waals surface area contributed by atoms with E-state index in [1.807, 2.05) is 6.20 Å². The normalized spacial score (nSPS) is 19.9. The number of hydrogen-bond acceptors (Lipinski definition) is 2. The number of aryl methyl sites for hydroxylation is 1. The van der Waals surface area contributed by atoms with Crippen LogP contribution in [0.2, 0.25) is 0 Å². The van der Waals surface area contributed by atoms with Gasteiger partial charge in [-0.25, -0.2) is 0 Å². The summed E-state index contributed by atoms with van der Waals surface area (Å²) in [5, 5.41) is 4.45. The Bertz CT molecular complexity index is 381. The Labute approximate surface area is 125 Å². The molecule has 0 amide bonds. The molecule has 108 valence electrons. The Morgan fingerprint density at radius 2 is 1.95 bits per heavy atom. The van der Waals surface area contributed by atoms with Crippen molar-refractivity contribution in [1.29, 1.82) is 0 Å². The minimum absolute atomic E-state index is 0.126. The molecule has 1 aliphatic carbocycles. The van der Waals surface area contributed by atoms with Gasteiger partial charge in [0.1, 0.15) is 0 Å². The molecule has 1 unspecified atom stereocenters. The van der Waals surface area contributed by atoms with E-state index in [-0.39, 0.29) is 6.04 Å². The Balaban J connectivity index is 2.12. The zero-order valence-electron chi connectivity index (χ0n) is 11.9. The SMILES string of the molecule is CCCn1ncc(Br)c1C(N)C1CCCCCCC1. The van der Waals surface area contributed by atoms with Crippen molar-refractivity contribution < 1.29 is 0 Å². The molecule has 0 bridgehead atoms. The number of halogens is 1. The minimum atomic E-state index is 0.126. The Morgan fingerprint density at radius 1 is 1.32 bits per heavy atom. The fourth-order valence-electron chi connectivity index (χ4n) is 3.16. The highest BCUT2D eigenvalue weighted by Crippen LogP contribution is 2.34. The quantitative estimate of drug-likeness (QED) is 0.889. The Kier molecular flexibility index (Phi) is 5.89. The summed E-state index contributed by atoms with van der Waals surface area (Å²) in [6, 6.07) is 0.126. The third-order valence-corrected chi connectivity index (χ3v) is 4.85. The molecule has 1 aliphatic rings. The van der Waals surface area contributed by atoms with Crippen LogP contribution in [0.1, 0.15) is 70.0 Å². The second-order valence-electron chi connectivity index (χ2n) is 5.73. The number of aromatic nitrogens is 2. The van der Waals surface area contributed by atoms with Crippen molar-refractivity contribution in [3.05, 3.63) is 16.4 Å². The van der Waals surface area contributed by atoms with E-state index < -0.39 is 0 Å². The summed E-state index contributed by atoms with van der Waals surface area (Å²) in [6.07, 6.45) is 12.3. The van der Waals surface area contributed by atoms with Crippen LogP contribution in [0.3, 0.4) is 0 Å². The highest BCUT2D eigenvalue weighted by molar-refractivity contribution is 9.10. The van der Waals surface area contributed by atoms with Crippen LogP contribution in [-0.4, -0.2) is 9.78 Å². The van der Waals surface area contributed by atoms with E-state index in [1.165, 1.54) is 50.6 Å². The van der Waals surface area contributed by atoms with Gasteiger partial charge in [0.25, 0.3) is 0 Å². The largest absolute Gasteiger partial charge is 0.322 e. The summed E-state index contributed by atoms with van der Waals surface area (Å²) in [5.74, 6) is 0.615. The van der Waals surface area contributed by atoms with Gasteiger partial charge in [-0.05, 0) is 41.1 Å². The molecule has 0 spiro atoms. The smallest absolute Gasteiger partial charge is 0.0696 e. The first-order chi connectivity index (χ1) is 9.24. The molecule has 1 aromatic rings. The standard InChI is InChI=1S/C15H26BrN3/c1-2-10-19-15(13(16)11-18-19)14(17)12-8-6-4-3-5-7-9-12/h11-12,14H,2-10,17H2,1H3. The summed E-state index contributed by atoms with van der Waals surface area (Å²) in [4.78, 5) is 0. The van der Waals surface area contributed by atoms with Crippen LogP contribution in [0, 0.1) is 5.92 Å². The van der Waals surface area contributed by atoms with E-state index in [0.29, 0.717) is 5.92 Å². The first-order valence-electron chi connectivity index (χ1n) is 7.70. The van der Waals surface area contributed by atoms with Gasteiger partial charge in [0.15, 0.2) is 0 Å². The molecule has 19 heavy (non-hydrogen) atoms. The minimum Gasteiger partial charge on any atom is -0.322 e. The predicted molar refractivity (Wildman–Crippen MR) is 83.0 cm³/mol.